The Morgan fingerprint density at radius 2 is 2.00 bits per heavy atom. The van der Waals surface area contributed by atoms with Crippen molar-refractivity contribution in [3.8, 4) is 0 Å². The lowest BCUT2D eigenvalue weighted by atomic mass is 9.72. The highest BCUT2D eigenvalue weighted by Crippen LogP contribution is 2.40. The van der Waals surface area contributed by atoms with E-state index in [1.807, 2.05) is 11.0 Å². The van der Waals surface area contributed by atoms with E-state index in [1.165, 1.54) is 5.56 Å². The number of carbonyl (C=O) groups excluding carboxylic acids is 1. The average Bonchev–Trinajstić information content (AvgIpc) is 2.43. The zero-order valence-electron chi connectivity index (χ0n) is 11.6. The highest BCUT2D eigenvalue weighted by atomic mass is 16.2. The second-order valence-corrected chi connectivity index (χ2v) is 5.93. The normalized spacial score (nSPS) is 22.8. The van der Waals surface area contributed by atoms with E-state index in [0.717, 1.165) is 51.0 Å². The minimum absolute atomic E-state index is 0.0900. The summed E-state index contributed by atoms with van der Waals surface area (Å²) in [5.74, 6) is 0.353. The lowest BCUT2D eigenvalue weighted by Gasteiger charge is -2.44. The van der Waals surface area contributed by atoms with Gasteiger partial charge in [-0.3, -0.25) is 4.79 Å². The van der Waals surface area contributed by atoms with Crippen LogP contribution in [-0.4, -0.2) is 25.5 Å². The van der Waals surface area contributed by atoms with Gasteiger partial charge in [0.2, 0.25) is 5.91 Å². The van der Waals surface area contributed by atoms with Crippen molar-refractivity contribution in [1.29, 1.82) is 0 Å². The fourth-order valence-corrected chi connectivity index (χ4v) is 3.48. The molecule has 2 aliphatic rings. The van der Waals surface area contributed by atoms with Crippen molar-refractivity contribution < 1.29 is 4.79 Å². The molecular formula is C16H22N2O. The Morgan fingerprint density at radius 1 is 1.21 bits per heavy atom. The Labute approximate surface area is 115 Å². The van der Waals surface area contributed by atoms with Gasteiger partial charge in [-0.15, -0.1) is 0 Å². The van der Waals surface area contributed by atoms with Crippen LogP contribution in [0.3, 0.4) is 0 Å². The number of hydrogen-bond acceptors (Lipinski definition) is 2. The number of nitrogens with zero attached hydrogens (tertiary/aromatic N) is 1. The molecular weight excluding hydrogens is 236 g/mol. The number of amides is 1. The first-order valence-electron chi connectivity index (χ1n) is 7.31. The molecule has 1 N–H and O–H groups in total. The minimum Gasteiger partial charge on any atom is -0.317 e. The number of rotatable bonds is 1. The molecule has 0 saturated carbocycles. The van der Waals surface area contributed by atoms with Crippen molar-refractivity contribution in [3.63, 3.8) is 0 Å². The lowest BCUT2D eigenvalue weighted by Crippen LogP contribution is -2.53. The third kappa shape index (κ3) is 2.27. The van der Waals surface area contributed by atoms with Crippen molar-refractivity contribution in [2.75, 3.05) is 24.5 Å². The molecule has 3 nitrogen and oxygen atoms in total. The average molecular weight is 258 g/mol. The number of nitrogens with one attached hydrogen (secondary N) is 1. The Morgan fingerprint density at radius 3 is 2.74 bits per heavy atom. The molecule has 1 aromatic carbocycles. The molecule has 3 rings (SSSR count). The van der Waals surface area contributed by atoms with Crippen LogP contribution in [0.25, 0.3) is 0 Å². The SMILES string of the molecule is Cc1cccc(N2CCCC3(CCNCC3)C2=O)c1. The van der Waals surface area contributed by atoms with E-state index in [4.69, 9.17) is 0 Å². The number of aryl methyl sites for hydroxylation is 1. The van der Waals surface area contributed by atoms with Gasteiger partial charge in [-0.1, -0.05) is 12.1 Å². The lowest BCUT2D eigenvalue weighted by molar-refractivity contribution is -0.132. The van der Waals surface area contributed by atoms with Gasteiger partial charge in [-0.25, -0.2) is 0 Å². The number of hydrogen-bond donors (Lipinski definition) is 1. The molecule has 1 aromatic rings. The Bertz CT molecular complexity index is 472. The standard InChI is InChI=1S/C16H22N2O/c1-13-4-2-5-14(12-13)18-11-3-6-16(15(18)19)7-9-17-10-8-16/h2,4-5,12,17H,3,6-11H2,1H3. The van der Waals surface area contributed by atoms with Gasteiger partial charge in [0.25, 0.3) is 0 Å². The van der Waals surface area contributed by atoms with E-state index in [2.05, 4.69) is 30.4 Å². The first-order chi connectivity index (χ1) is 9.21. The van der Waals surface area contributed by atoms with Gasteiger partial charge >= 0.3 is 0 Å². The van der Waals surface area contributed by atoms with E-state index in [1.54, 1.807) is 0 Å². The van der Waals surface area contributed by atoms with E-state index in [0.29, 0.717) is 5.91 Å². The van der Waals surface area contributed by atoms with Crippen molar-refractivity contribution in [1.82, 2.24) is 5.32 Å². The third-order valence-corrected chi connectivity index (χ3v) is 4.61. The second kappa shape index (κ2) is 4.97. The summed E-state index contributed by atoms with van der Waals surface area (Å²) in [5, 5.41) is 3.37. The topological polar surface area (TPSA) is 32.3 Å². The van der Waals surface area contributed by atoms with Crippen LogP contribution >= 0.6 is 0 Å². The molecule has 0 aromatic heterocycles. The molecule has 2 aliphatic heterocycles. The van der Waals surface area contributed by atoms with Crippen LogP contribution in [0.2, 0.25) is 0 Å². The summed E-state index contributed by atoms with van der Waals surface area (Å²) in [4.78, 5) is 14.9. The second-order valence-electron chi connectivity index (χ2n) is 5.93. The molecule has 0 radical (unpaired) electrons. The first-order valence-corrected chi connectivity index (χ1v) is 7.31. The summed E-state index contributed by atoms with van der Waals surface area (Å²) in [6, 6.07) is 8.31. The Hall–Kier alpha value is -1.35. The fourth-order valence-electron chi connectivity index (χ4n) is 3.48. The minimum atomic E-state index is -0.0900. The van der Waals surface area contributed by atoms with Gasteiger partial charge in [0.05, 0.1) is 5.41 Å². The van der Waals surface area contributed by atoms with Crippen LogP contribution in [0.4, 0.5) is 5.69 Å². The molecule has 1 spiro atoms. The van der Waals surface area contributed by atoms with Crippen LogP contribution < -0.4 is 10.2 Å². The maximum Gasteiger partial charge on any atom is 0.233 e. The molecule has 0 atom stereocenters. The summed E-state index contributed by atoms with van der Waals surface area (Å²) < 4.78 is 0. The van der Waals surface area contributed by atoms with Gasteiger partial charge in [-0.2, -0.15) is 0 Å². The first kappa shape index (κ1) is 12.7. The number of carbonyl (C=O) groups is 1. The van der Waals surface area contributed by atoms with Gasteiger partial charge in [0, 0.05) is 12.2 Å². The summed E-state index contributed by atoms with van der Waals surface area (Å²) in [7, 11) is 0. The zero-order chi connectivity index (χ0) is 13.3. The molecule has 19 heavy (non-hydrogen) atoms. The van der Waals surface area contributed by atoms with Crippen LogP contribution in [0.15, 0.2) is 24.3 Å². The molecule has 2 saturated heterocycles. The van der Waals surface area contributed by atoms with Crippen LogP contribution in [0, 0.1) is 12.3 Å². The molecule has 2 fully saturated rings. The van der Waals surface area contributed by atoms with Crippen molar-refractivity contribution in [3.05, 3.63) is 29.8 Å². The highest BCUT2D eigenvalue weighted by molar-refractivity contribution is 5.98. The van der Waals surface area contributed by atoms with Crippen LogP contribution in [0.1, 0.15) is 31.2 Å². The summed E-state index contributed by atoms with van der Waals surface area (Å²) >= 11 is 0. The van der Waals surface area contributed by atoms with E-state index >= 15 is 0 Å². The summed E-state index contributed by atoms with van der Waals surface area (Å²) in [6.45, 7) is 4.91. The third-order valence-electron chi connectivity index (χ3n) is 4.61. The number of anilines is 1. The monoisotopic (exact) mass is 258 g/mol. The van der Waals surface area contributed by atoms with Gasteiger partial charge in [-0.05, 0) is 63.4 Å². The van der Waals surface area contributed by atoms with Crippen LogP contribution in [0.5, 0.6) is 0 Å². The Kier molecular flexibility index (Phi) is 3.31. The van der Waals surface area contributed by atoms with Gasteiger partial charge in [0.15, 0.2) is 0 Å². The van der Waals surface area contributed by atoms with Crippen molar-refractivity contribution in [2.24, 2.45) is 5.41 Å². The number of benzene rings is 1. The molecule has 0 aliphatic carbocycles. The quantitative estimate of drug-likeness (QED) is 0.839. The van der Waals surface area contributed by atoms with E-state index in [-0.39, 0.29) is 5.41 Å². The molecule has 0 unspecified atom stereocenters. The molecule has 1 amide bonds. The Balaban J connectivity index is 1.88. The smallest absolute Gasteiger partial charge is 0.233 e. The largest absolute Gasteiger partial charge is 0.317 e. The van der Waals surface area contributed by atoms with Gasteiger partial charge < -0.3 is 10.2 Å². The zero-order valence-corrected chi connectivity index (χ0v) is 11.6. The number of piperidine rings is 2. The fraction of sp³-hybridized carbons (Fsp3) is 0.562. The maximum atomic E-state index is 12.9. The van der Waals surface area contributed by atoms with Crippen molar-refractivity contribution >= 4 is 11.6 Å². The predicted molar refractivity (Wildman–Crippen MR) is 77.3 cm³/mol. The molecule has 102 valence electrons. The predicted octanol–water partition coefficient (Wildman–Crippen LogP) is 2.49. The highest BCUT2D eigenvalue weighted by Gasteiger charge is 2.44. The summed E-state index contributed by atoms with van der Waals surface area (Å²) in [6.07, 6.45) is 4.18. The van der Waals surface area contributed by atoms with Crippen molar-refractivity contribution in [2.45, 2.75) is 32.6 Å². The molecule has 2 heterocycles. The van der Waals surface area contributed by atoms with E-state index in [9.17, 15) is 4.79 Å². The summed E-state index contributed by atoms with van der Waals surface area (Å²) in [5.41, 5.74) is 2.20. The maximum absolute atomic E-state index is 12.9. The molecule has 3 heteroatoms. The van der Waals surface area contributed by atoms with Gasteiger partial charge in [0.1, 0.15) is 0 Å². The molecule has 0 bridgehead atoms. The van der Waals surface area contributed by atoms with Crippen LogP contribution in [-0.2, 0) is 4.79 Å². The van der Waals surface area contributed by atoms with E-state index < -0.39 is 0 Å².